The number of amides is 1. The Morgan fingerprint density at radius 1 is 1.21 bits per heavy atom. The number of para-hydroxylation sites is 2. The second-order valence-corrected chi connectivity index (χ2v) is 6.76. The zero-order valence-corrected chi connectivity index (χ0v) is 16.2. The predicted octanol–water partition coefficient (Wildman–Crippen LogP) is 4.05. The summed E-state index contributed by atoms with van der Waals surface area (Å²) in [6, 6.07) is 13.1. The molecule has 1 aliphatic heterocycles. The van der Waals surface area contributed by atoms with Crippen LogP contribution in [0.3, 0.4) is 0 Å². The fraction of sp³-hybridized carbons (Fsp3) is 0.318. The summed E-state index contributed by atoms with van der Waals surface area (Å²) in [5.41, 5.74) is 1.48. The highest BCUT2D eigenvalue weighted by atomic mass is 16.6. The molecule has 0 aliphatic carbocycles. The summed E-state index contributed by atoms with van der Waals surface area (Å²) in [4.78, 5) is 14.9. The van der Waals surface area contributed by atoms with Gasteiger partial charge in [-0.1, -0.05) is 12.1 Å². The highest BCUT2D eigenvalue weighted by Gasteiger charge is 2.28. The minimum absolute atomic E-state index is 0.155. The van der Waals surface area contributed by atoms with E-state index in [4.69, 9.17) is 18.6 Å². The van der Waals surface area contributed by atoms with Gasteiger partial charge in [-0.3, -0.25) is 4.79 Å². The quantitative estimate of drug-likeness (QED) is 0.667. The number of fused-ring (bicyclic) bond motifs is 2. The molecule has 6 heteroatoms. The third-order valence-electron chi connectivity index (χ3n) is 5.00. The molecule has 0 spiro atoms. The lowest BCUT2D eigenvalue weighted by atomic mass is 10.1. The van der Waals surface area contributed by atoms with Gasteiger partial charge >= 0.3 is 0 Å². The largest absolute Gasteiger partial charge is 0.497 e. The molecule has 0 bridgehead atoms. The Morgan fingerprint density at radius 3 is 2.75 bits per heavy atom. The minimum atomic E-state index is -0.233. The van der Waals surface area contributed by atoms with Crippen molar-refractivity contribution in [3.8, 4) is 17.2 Å². The summed E-state index contributed by atoms with van der Waals surface area (Å²) >= 11 is 0. The molecule has 1 atom stereocenters. The first-order valence-corrected chi connectivity index (χ1v) is 9.35. The Balaban J connectivity index is 1.55. The maximum absolute atomic E-state index is 13.1. The summed E-state index contributed by atoms with van der Waals surface area (Å²) in [5, 5.41) is 0.880. The number of hydrogen-bond acceptors (Lipinski definition) is 5. The normalized spacial score (nSPS) is 15.5. The third kappa shape index (κ3) is 3.26. The summed E-state index contributed by atoms with van der Waals surface area (Å²) < 4.78 is 22.9. The fourth-order valence-electron chi connectivity index (χ4n) is 3.43. The van der Waals surface area contributed by atoms with E-state index >= 15 is 0 Å². The molecule has 4 rings (SSSR count). The van der Waals surface area contributed by atoms with Gasteiger partial charge in [0.15, 0.2) is 23.4 Å². The fourth-order valence-corrected chi connectivity index (χ4v) is 3.43. The molecule has 28 heavy (non-hydrogen) atoms. The zero-order chi connectivity index (χ0) is 19.7. The maximum atomic E-state index is 13.1. The van der Waals surface area contributed by atoms with Crippen molar-refractivity contribution in [2.75, 3.05) is 26.8 Å². The van der Waals surface area contributed by atoms with E-state index in [-0.39, 0.29) is 12.0 Å². The molecule has 0 fully saturated rings. The molecular formula is C22H23NO5. The number of hydrogen-bond donors (Lipinski definition) is 0. The molecule has 0 radical (unpaired) electrons. The van der Waals surface area contributed by atoms with Gasteiger partial charge in [0.2, 0.25) is 0 Å². The van der Waals surface area contributed by atoms with Crippen LogP contribution in [0.4, 0.5) is 0 Å². The van der Waals surface area contributed by atoms with Crippen LogP contribution in [0.5, 0.6) is 17.2 Å². The number of carbonyl (C=O) groups is 1. The van der Waals surface area contributed by atoms with E-state index in [1.807, 2.05) is 56.3 Å². The van der Waals surface area contributed by atoms with Gasteiger partial charge in [0.05, 0.1) is 13.7 Å². The maximum Gasteiger partial charge on any atom is 0.290 e. The Morgan fingerprint density at radius 2 is 2.00 bits per heavy atom. The number of aryl methyl sites for hydroxylation is 1. The summed E-state index contributed by atoms with van der Waals surface area (Å²) in [6.45, 7) is 5.19. The van der Waals surface area contributed by atoms with Crippen LogP contribution < -0.4 is 14.2 Å². The SMILES string of the molecule is CCN(CC1COc2ccccc2O1)C(=O)c1oc2ccc(OC)cc2c1C. The Labute approximate surface area is 163 Å². The third-order valence-corrected chi connectivity index (χ3v) is 5.00. The molecule has 3 aromatic rings. The monoisotopic (exact) mass is 381 g/mol. The van der Waals surface area contributed by atoms with Crippen molar-refractivity contribution in [1.29, 1.82) is 0 Å². The van der Waals surface area contributed by atoms with Crippen LogP contribution >= 0.6 is 0 Å². The van der Waals surface area contributed by atoms with Gasteiger partial charge in [0.1, 0.15) is 17.9 Å². The number of rotatable bonds is 5. The molecule has 146 valence electrons. The van der Waals surface area contributed by atoms with Gasteiger partial charge in [0.25, 0.3) is 5.91 Å². The summed E-state index contributed by atoms with van der Waals surface area (Å²) in [7, 11) is 1.62. The van der Waals surface area contributed by atoms with Crippen molar-refractivity contribution >= 4 is 16.9 Å². The van der Waals surface area contributed by atoms with Crippen molar-refractivity contribution in [2.45, 2.75) is 20.0 Å². The molecule has 1 unspecified atom stereocenters. The van der Waals surface area contributed by atoms with Crippen LogP contribution in [-0.2, 0) is 0 Å². The number of likely N-dealkylation sites (N-methyl/N-ethyl adjacent to an activating group) is 1. The number of benzene rings is 2. The topological polar surface area (TPSA) is 61.1 Å². The molecule has 1 aromatic heterocycles. The van der Waals surface area contributed by atoms with Crippen molar-refractivity contribution < 1.29 is 23.4 Å². The number of ether oxygens (including phenoxy) is 3. The highest BCUT2D eigenvalue weighted by Crippen LogP contribution is 2.32. The van der Waals surface area contributed by atoms with Crippen LogP contribution in [0.2, 0.25) is 0 Å². The molecular weight excluding hydrogens is 358 g/mol. The first-order chi connectivity index (χ1) is 13.6. The van der Waals surface area contributed by atoms with Crippen LogP contribution in [0.25, 0.3) is 11.0 Å². The second kappa shape index (κ2) is 7.46. The van der Waals surface area contributed by atoms with E-state index in [2.05, 4.69) is 0 Å². The lowest BCUT2D eigenvalue weighted by Gasteiger charge is -2.30. The molecule has 2 heterocycles. The average Bonchev–Trinajstić information content (AvgIpc) is 3.07. The number of methoxy groups -OCH3 is 1. The van der Waals surface area contributed by atoms with Gasteiger partial charge in [-0.15, -0.1) is 0 Å². The van der Waals surface area contributed by atoms with E-state index in [0.717, 1.165) is 22.4 Å². The van der Waals surface area contributed by atoms with Crippen LogP contribution in [0.1, 0.15) is 23.0 Å². The van der Waals surface area contributed by atoms with Crippen molar-refractivity contribution in [2.24, 2.45) is 0 Å². The molecule has 0 saturated heterocycles. The van der Waals surface area contributed by atoms with Gasteiger partial charge in [-0.25, -0.2) is 0 Å². The van der Waals surface area contributed by atoms with Gasteiger partial charge in [0, 0.05) is 17.5 Å². The molecule has 0 N–H and O–H groups in total. The number of nitrogens with zero attached hydrogens (tertiary/aromatic N) is 1. The Kier molecular flexibility index (Phi) is 4.86. The highest BCUT2D eigenvalue weighted by molar-refractivity contribution is 5.99. The summed E-state index contributed by atoms with van der Waals surface area (Å²) in [6.07, 6.45) is -0.233. The number of carbonyl (C=O) groups excluding carboxylic acids is 1. The number of furan rings is 1. The molecule has 6 nitrogen and oxygen atoms in total. The van der Waals surface area contributed by atoms with Crippen molar-refractivity contribution in [1.82, 2.24) is 4.90 Å². The second-order valence-electron chi connectivity index (χ2n) is 6.76. The lowest BCUT2D eigenvalue weighted by molar-refractivity contribution is 0.0456. The molecule has 2 aromatic carbocycles. The van der Waals surface area contributed by atoms with Crippen LogP contribution in [0.15, 0.2) is 46.9 Å². The van der Waals surface area contributed by atoms with E-state index in [9.17, 15) is 4.79 Å². The first kappa shape index (κ1) is 18.2. The Bertz CT molecular complexity index is 1010. The van der Waals surface area contributed by atoms with E-state index < -0.39 is 0 Å². The molecule has 1 aliphatic rings. The van der Waals surface area contributed by atoms with E-state index in [1.54, 1.807) is 12.0 Å². The average molecular weight is 381 g/mol. The standard InChI is InChI=1S/C22H23NO5/c1-4-23(12-16-13-26-19-7-5-6-8-20(19)27-16)22(24)21-14(2)17-11-15(25-3)9-10-18(17)28-21/h5-11,16H,4,12-13H2,1-3H3. The smallest absolute Gasteiger partial charge is 0.290 e. The minimum Gasteiger partial charge on any atom is -0.497 e. The lowest BCUT2D eigenvalue weighted by Crippen LogP contribution is -2.43. The van der Waals surface area contributed by atoms with Crippen molar-refractivity contribution in [3.05, 3.63) is 53.8 Å². The first-order valence-electron chi connectivity index (χ1n) is 9.35. The van der Waals surface area contributed by atoms with Gasteiger partial charge in [-0.05, 0) is 44.2 Å². The predicted molar refractivity (Wildman–Crippen MR) is 105 cm³/mol. The van der Waals surface area contributed by atoms with E-state index in [0.29, 0.717) is 36.8 Å². The van der Waals surface area contributed by atoms with E-state index in [1.165, 1.54) is 0 Å². The molecule has 1 amide bonds. The summed E-state index contributed by atoms with van der Waals surface area (Å²) in [5.74, 6) is 2.36. The van der Waals surface area contributed by atoms with Crippen LogP contribution in [-0.4, -0.2) is 43.7 Å². The van der Waals surface area contributed by atoms with Gasteiger partial charge < -0.3 is 23.5 Å². The van der Waals surface area contributed by atoms with Gasteiger partial charge in [-0.2, -0.15) is 0 Å². The molecule has 0 saturated carbocycles. The Hall–Kier alpha value is -3.15. The zero-order valence-electron chi connectivity index (χ0n) is 16.2. The van der Waals surface area contributed by atoms with Crippen LogP contribution in [0, 0.1) is 6.92 Å². The van der Waals surface area contributed by atoms with Crippen molar-refractivity contribution in [3.63, 3.8) is 0 Å².